The first-order valence-corrected chi connectivity index (χ1v) is 10.1. The number of hydrogen-bond donors (Lipinski definition) is 0. The number of barbiturate groups is 1. The highest BCUT2D eigenvalue weighted by Crippen LogP contribution is 2.47. The number of carbonyl (C=O) groups excluding carboxylic acids is 5. The molecule has 0 aromatic heterocycles. The van der Waals surface area contributed by atoms with Gasteiger partial charge in [0.05, 0.1) is 20.3 Å². The summed E-state index contributed by atoms with van der Waals surface area (Å²) in [7, 11) is 3.94. The lowest BCUT2D eigenvalue weighted by atomic mass is 9.64. The summed E-state index contributed by atoms with van der Waals surface area (Å²) in [5, 5.41) is 0. The van der Waals surface area contributed by atoms with Gasteiger partial charge in [-0.3, -0.25) is 29.0 Å². The maximum atomic E-state index is 13.3. The molecular weight excluding hydrogens is 420 g/mol. The number of methoxy groups -OCH3 is 1. The molecule has 1 aliphatic rings. The van der Waals surface area contributed by atoms with Crippen LogP contribution >= 0.6 is 0 Å². The fourth-order valence-corrected chi connectivity index (χ4v) is 3.96. The summed E-state index contributed by atoms with van der Waals surface area (Å²) in [4.78, 5) is 66.5. The highest BCUT2D eigenvalue weighted by Gasteiger charge is 2.61. The van der Waals surface area contributed by atoms with Crippen molar-refractivity contribution in [2.24, 2.45) is 11.3 Å². The molecule has 1 unspecified atom stereocenters. The molecule has 174 valence electrons. The minimum absolute atomic E-state index is 0.0268. The number of carbonyl (C=O) groups is 5. The van der Waals surface area contributed by atoms with Gasteiger partial charge in [-0.2, -0.15) is 0 Å². The zero-order valence-electron chi connectivity index (χ0n) is 19.0. The molecule has 0 bridgehead atoms. The molecule has 4 amide bonds. The molecule has 1 aromatic rings. The third-order valence-electron chi connectivity index (χ3n) is 5.58. The van der Waals surface area contributed by atoms with Crippen molar-refractivity contribution >= 4 is 29.8 Å². The molecule has 2 rings (SSSR count). The number of rotatable bonds is 8. The minimum Gasteiger partial charge on any atom is -0.497 e. The summed E-state index contributed by atoms with van der Waals surface area (Å²) in [5.41, 5.74) is -1.65. The average Bonchev–Trinajstić information content (AvgIpc) is 2.79. The lowest BCUT2D eigenvalue weighted by Crippen LogP contribution is -2.65. The van der Waals surface area contributed by atoms with Gasteiger partial charge >= 0.3 is 18.0 Å². The maximum absolute atomic E-state index is 13.3. The van der Waals surface area contributed by atoms with Crippen LogP contribution in [-0.4, -0.2) is 74.0 Å². The summed E-state index contributed by atoms with van der Waals surface area (Å²) in [6.07, 6.45) is 0. The Kier molecular flexibility index (Phi) is 7.60. The van der Waals surface area contributed by atoms with Crippen molar-refractivity contribution in [3.05, 3.63) is 29.8 Å². The second kappa shape index (κ2) is 9.80. The number of hydrogen-bond acceptors (Lipinski definition) is 8. The normalized spacial score (nSPS) is 16.8. The van der Waals surface area contributed by atoms with E-state index >= 15 is 0 Å². The zero-order valence-corrected chi connectivity index (χ0v) is 19.0. The van der Waals surface area contributed by atoms with Crippen molar-refractivity contribution in [1.82, 2.24) is 9.80 Å². The molecule has 1 saturated heterocycles. The van der Waals surface area contributed by atoms with Crippen molar-refractivity contribution in [2.45, 2.75) is 26.7 Å². The largest absolute Gasteiger partial charge is 0.497 e. The van der Waals surface area contributed by atoms with Crippen molar-refractivity contribution in [1.29, 1.82) is 0 Å². The Morgan fingerprint density at radius 2 is 1.34 bits per heavy atom. The second-order valence-electron chi connectivity index (χ2n) is 7.45. The maximum Gasteiger partial charge on any atom is 0.332 e. The quantitative estimate of drug-likeness (QED) is 0.434. The van der Waals surface area contributed by atoms with Gasteiger partial charge in [-0.15, -0.1) is 0 Å². The van der Waals surface area contributed by atoms with Gasteiger partial charge in [-0.05, 0) is 38.5 Å². The van der Waals surface area contributed by atoms with Gasteiger partial charge in [0.2, 0.25) is 11.8 Å². The summed E-state index contributed by atoms with van der Waals surface area (Å²) in [6, 6.07) is 5.45. The minimum atomic E-state index is -1.98. The van der Waals surface area contributed by atoms with E-state index in [1.54, 1.807) is 38.1 Å². The van der Waals surface area contributed by atoms with Crippen LogP contribution in [0.2, 0.25) is 0 Å². The molecule has 0 aliphatic carbocycles. The first-order valence-electron chi connectivity index (χ1n) is 10.1. The van der Waals surface area contributed by atoms with Crippen LogP contribution in [0.25, 0.3) is 0 Å². The third kappa shape index (κ3) is 4.17. The second-order valence-corrected chi connectivity index (χ2v) is 7.45. The van der Waals surface area contributed by atoms with Gasteiger partial charge in [0.15, 0.2) is 5.92 Å². The average molecular weight is 448 g/mol. The van der Waals surface area contributed by atoms with E-state index in [-0.39, 0.29) is 13.2 Å². The van der Waals surface area contributed by atoms with Gasteiger partial charge in [-0.25, -0.2) is 4.79 Å². The van der Waals surface area contributed by atoms with Crippen LogP contribution in [0.1, 0.15) is 32.3 Å². The van der Waals surface area contributed by atoms with Gasteiger partial charge in [-0.1, -0.05) is 12.1 Å². The monoisotopic (exact) mass is 448 g/mol. The number of urea groups is 1. The van der Waals surface area contributed by atoms with E-state index in [1.165, 1.54) is 28.1 Å². The van der Waals surface area contributed by atoms with Crippen LogP contribution in [0.15, 0.2) is 24.3 Å². The molecule has 10 nitrogen and oxygen atoms in total. The summed E-state index contributed by atoms with van der Waals surface area (Å²) in [6.45, 7) is 4.40. The molecule has 1 atom stereocenters. The number of esters is 2. The zero-order chi connectivity index (χ0) is 24.2. The van der Waals surface area contributed by atoms with E-state index in [1.807, 2.05) is 0 Å². The highest BCUT2D eigenvalue weighted by atomic mass is 16.6. The van der Waals surface area contributed by atoms with Gasteiger partial charge in [0, 0.05) is 20.0 Å². The Morgan fingerprint density at radius 3 is 1.72 bits per heavy atom. The standard InChI is InChI=1S/C22H28N2O8/c1-7-31-17(25)15(18(26)32-8-2)16(13-9-11-14(30-6)12-10-13)22(3)19(27)23(4)21(29)24(5)20(22)28/h9-12,15-16H,7-8H2,1-6H3. The van der Waals surface area contributed by atoms with Crippen LogP contribution in [0.4, 0.5) is 4.79 Å². The Hall–Kier alpha value is -3.43. The SMILES string of the molecule is CCOC(=O)C(C(=O)OCC)C(c1ccc(OC)cc1)C1(C)C(=O)N(C)C(=O)N(C)C1=O. The first-order chi connectivity index (χ1) is 15.1. The van der Waals surface area contributed by atoms with E-state index in [9.17, 15) is 24.0 Å². The molecule has 0 N–H and O–H groups in total. The number of amides is 4. The lowest BCUT2D eigenvalue weighted by molar-refractivity contribution is -0.169. The Bertz CT molecular complexity index is 869. The van der Waals surface area contributed by atoms with Crippen LogP contribution in [-0.2, 0) is 28.7 Å². The van der Waals surface area contributed by atoms with Crippen molar-refractivity contribution in [3.63, 3.8) is 0 Å². The predicted octanol–water partition coefficient (Wildman–Crippen LogP) is 1.58. The number of ether oxygens (including phenoxy) is 3. The highest BCUT2D eigenvalue weighted by molar-refractivity contribution is 6.19. The Labute approximate surface area is 186 Å². The molecular formula is C22H28N2O8. The predicted molar refractivity (Wildman–Crippen MR) is 112 cm³/mol. The number of imide groups is 2. The summed E-state index contributed by atoms with van der Waals surface area (Å²) >= 11 is 0. The molecule has 0 radical (unpaired) electrons. The van der Waals surface area contributed by atoms with Crippen molar-refractivity contribution < 1.29 is 38.2 Å². The lowest BCUT2D eigenvalue weighted by Gasteiger charge is -2.45. The van der Waals surface area contributed by atoms with Crippen LogP contribution in [0, 0.1) is 11.3 Å². The van der Waals surface area contributed by atoms with Gasteiger partial charge in [0.1, 0.15) is 11.2 Å². The van der Waals surface area contributed by atoms with E-state index in [4.69, 9.17) is 14.2 Å². The van der Waals surface area contributed by atoms with E-state index in [2.05, 4.69) is 0 Å². The topological polar surface area (TPSA) is 120 Å². The number of nitrogens with zero attached hydrogens (tertiary/aromatic N) is 2. The summed E-state index contributed by atoms with van der Waals surface area (Å²) < 4.78 is 15.4. The Morgan fingerprint density at radius 1 is 0.906 bits per heavy atom. The molecule has 1 aliphatic heterocycles. The molecule has 1 heterocycles. The Balaban J connectivity index is 2.80. The number of benzene rings is 1. The first kappa shape index (κ1) is 24.8. The third-order valence-corrected chi connectivity index (χ3v) is 5.58. The smallest absolute Gasteiger partial charge is 0.332 e. The fraction of sp³-hybridized carbons (Fsp3) is 0.500. The van der Waals surface area contributed by atoms with Gasteiger partial charge in [0.25, 0.3) is 0 Å². The molecule has 10 heteroatoms. The molecule has 0 spiro atoms. The van der Waals surface area contributed by atoms with E-state index < -0.39 is 47.0 Å². The molecule has 1 aromatic carbocycles. The van der Waals surface area contributed by atoms with Crippen LogP contribution in [0.5, 0.6) is 5.75 Å². The summed E-state index contributed by atoms with van der Waals surface area (Å²) in [5.74, 6) is -6.01. The van der Waals surface area contributed by atoms with Crippen molar-refractivity contribution in [2.75, 3.05) is 34.4 Å². The molecule has 32 heavy (non-hydrogen) atoms. The van der Waals surface area contributed by atoms with E-state index in [0.29, 0.717) is 11.3 Å². The fourth-order valence-electron chi connectivity index (χ4n) is 3.96. The molecule has 0 saturated carbocycles. The van der Waals surface area contributed by atoms with E-state index in [0.717, 1.165) is 9.80 Å². The van der Waals surface area contributed by atoms with Crippen LogP contribution in [0.3, 0.4) is 0 Å². The van der Waals surface area contributed by atoms with Crippen LogP contribution < -0.4 is 4.74 Å². The van der Waals surface area contributed by atoms with Gasteiger partial charge < -0.3 is 14.2 Å². The van der Waals surface area contributed by atoms with Crippen molar-refractivity contribution in [3.8, 4) is 5.75 Å². The molecule has 1 fully saturated rings.